The topological polar surface area (TPSA) is 63.8 Å². The van der Waals surface area contributed by atoms with Gasteiger partial charge in [-0.1, -0.05) is 35.5 Å². The predicted molar refractivity (Wildman–Crippen MR) is 72.3 cm³/mol. The summed E-state index contributed by atoms with van der Waals surface area (Å²) in [5.74, 6) is 1.05. The van der Waals surface area contributed by atoms with E-state index >= 15 is 0 Å². The molecule has 3 aromatic rings. The fourth-order valence-corrected chi connectivity index (χ4v) is 1.76. The van der Waals surface area contributed by atoms with Crippen LogP contribution in [0.4, 0.5) is 11.7 Å². The Labute approximate surface area is 114 Å². The van der Waals surface area contributed by atoms with Crippen molar-refractivity contribution in [3.05, 3.63) is 53.9 Å². The maximum Gasteiger partial charge on any atom is 0.230 e. The molecule has 0 spiro atoms. The molecule has 0 fully saturated rings. The molecule has 0 saturated carbocycles. The number of rotatable bonds is 3. The van der Waals surface area contributed by atoms with Gasteiger partial charge in [-0.15, -0.1) is 0 Å². The van der Waals surface area contributed by atoms with Crippen molar-refractivity contribution in [2.45, 2.75) is 0 Å². The van der Waals surface area contributed by atoms with Crippen LogP contribution in [0, 0.1) is 0 Å². The molecular weight excluding hydrogens is 264 g/mol. The fourth-order valence-electron chi connectivity index (χ4n) is 1.61. The first kappa shape index (κ1) is 11.7. The van der Waals surface area contributed by atoms with Crippen LogP contribution >= 0.6 is 11.6 Å². The number of benzene rings is 1. The lowest BCUT2D eigenvalue weighted by molar-refractivity contribution is 0.437. The highest BCUT2D eigenvalue weighted by atomic mass is 35.5. The largest absolute Gasteiger partial charge is 0.338 e. The van der Waals surface area contributed by atoms with Crippen LogP contribution in [-0.2, 0) is 0 Å². The van der Waals surface area contributed by atoms with E-state index in [1.807, 2.05) is 30.3 Å². The minimum Gasteiger partial charge on any atom is -0.338 e. The van der Waals surface area contributed by atoms with Gasteiger partial charge in [-0.3, -0.25) is 0 Å². The Balaban J connectivity index is 1.82. The average Bonchev–Trinajstić information content (AvgIpc) is 2.88. The summed E-state index contributed by atoms with van der Waals surface area (Å²) in [5, 5.41) is 7.14. The van der Waals surface area contributed by atoms with Crippen LogP contribution in [0.5, 0.6) is 0 Å². The standard InChI is InChI=1S/C13H9ClN4O/c14-13-15-7-6-11(17-13)16-12-8-10(18-19-12)9-4-2-1-3-5-9/h1-8H,(H,15,16,17). The minimum atomic E-state index is 0.174. The summed E-state index contributed by atoms with van der Waals surface area (Å²) in [4.78, 5) is 7.81. The SMILES string of the molecule is Clc1nccc(Nc2cc(-c3ccccc3)no2)n1. The van der Waals surface area contributed by atoms with Crippen LogP contribution in [0.2, 0.25) is 5.28 Å². The first-order chi connectivity index (χ1) is 9.31. The normalized spacial score (nSPS) is 10.4. The molecule has 0 amide bonds. The minimum absolute atomic E-state index is 0.174. The monoisotopic (exact) mass is 272 g/mol. The van der Waals surface area contributed by atoms with E-state index in [2.05, 4.69) is 20.4 Å². The van der Waals surface area contributed by atoms with Crippen molar-refractivity contribution in [1.29, 1.82) is 0 Å². The van der Waals surface area contributed by atoms with Crippen molar-refractivity contribution in [2.24, 2.45) is 0 Å². The Bertz CT molecular complexity index is 684. The molecule has 0 radical (unpaired) electrons. The van der Waals surface area contributed by atoms with Gasteiger partial charge in [-0.25, -0.2) is 9.97 Å². The molecule has 0 saturated heterocycles. The summed E-state index contributed by atoms with van der Waals surface area (Å²) in [6.07, 6.45) is 1.56. The first-order valence-corrected chi connectivity index (χ1v) is 5.97. The molecule has 0 bridgehead atoms. The van der Waals surface area contributed by atoms with E-state index in [4.69, 9.17) is 16.1 Å². The zero-order chi connectivity index (χ0) is 13.1. The molecule has 94 valence electrons. The number of nitrogens with zero attached hydrogens (tertiary/aromatic N) is 3. The highest BCUT2D eigenvalue weighted by Crippen LogP contribution is 2.23. The molecule has 0 atom stereocenters. The van der Waals surface area contributed by atoms with Gasteiger partial charge in [0.05, 0.1) is 0 Å². The Morgan fingerprint density at radius 3 is 2.74 bits per heavy atom. The molecule has 2 aromatic heterocycles. The third kappa shape index (κ3) is 2.71. The van der Waals surface area contributed by atoms with Gasteiger partial charge in [0, 0.05) is 17.8 Å². The smallest absolute Gasteiger partial charge is 0.230 e. The van der Waals surface area contributed by atoms with Crippen LogP contribution in [-0.4, -0.2) is 15.1 Å². The Morgan fingerprint density at radius 1 is 1.11 bits per heavy atom. The average molecular weight is 273 g/mol. The van der Waals surface area contributed by atoms with E-state index in [0.29, 0.717) is 11.7 Å². The molecule has 19 heavy (non-hydrogen) atoms. The van der Waals surface area contributed by atoms with Crippen LogP contribution in [0.3, 0.4) is 0 Å². The Hall–Kier alpha value is -2.40. The fraction of sp³-hybridized carbons (Fsp3) is 0. The number of anilines is 2. The molecule has 5 nitrogen and oxygen atoms in total. The lowest BCUT2D eigenvalue weighted by Gasteiger charge is -1.99. The summed E-state index contributed by atoms with van der Waals surface area (Å²) in [6, 6.07) is 13.3. The van der Waals surface area contributed by atoms with Gasteiger partial charge in [0.25, 0.3) is 0 Å². The van der Waals surface area contributed by atoms with Gasteiger partial charge >= 0.3 is 0 Å². The van der Waals surface area contributed by atoms with E-state index in [0.717, 1.165) is 11.3 Å². The number of aromatic nitrogens is 3. The summed E-state index contributed by atoms with van der Waals surface area (Å²) in [5.41, 5.74) is 1.74. The Kier molecular flexibility index (Phi) is 3.12. The van der Waals surface area contributed by atoms with Gasteiger partial charge in [0.15, 0.2) is 0 Å². The van der Waals surface area contributed by atoms with E-state index in [9.17, 15) is 0 Å². The lowest BCUT2D eigenvalue weighted by atomic mass is 10.2. The first-order valence-electron chi connectivity index (χ1n) is 5.59. The van der Waals surface area contributed by atoms with Gasteiger partial charge in [0.1, 0.15) is 11.5 Å². The van der Waals surface area contributed by atoms with Crippen LogP contribution in [0.1, 0.15) is 0 Å². The highest BCUT2D eigenvalue weighted by Gasteiger charge is 2.07. The van der Waals surface area contributed by atoms with Crippen molar-refractivity contribution in [3.8, 4) is 11.3 Å². The van der Waals surface area contributed by atoms with E-state index in [-0.39, 0.29) is 5.28 Å². The van der Waals surface area contributed by atoms with E-state index in [1.54, 1.807) is 18.3 Å². The predicted octanol–water partition coefficient (Wildman–Crippen LogP) is 3.53. The second-order valence-corrected chi connectivity index (χ2v) is 4.12. The van der Waals surface area contributed by atoms with Crippen LogP contribution in [0.15, 0.2) is 53.2 Å². The molecule has 1 N–H and O–H groups in total. The van der Waals surface area contributed by atoms with Crippen LogP contribution in [0.25, 0.3) is 11.3 Å². The van der Waals surface area contributed by atoms with Gasteiger partial charge in [0.2, 0.25) is 11.2 Å². The third-order valence-electron chi connectivity index (χ3n) is 2.46. The second-order valence-electron chi connectivity index (χ2n) is 3.78. The van der Waals surface area contributed by atoms with Crippen LogP contribution < -0.4 is 5.32 Å². The van der Waals surface area contributed by atoms with Crippen molar-refractivity contribution < 1.29 is 4.52 Å². The number of hydrogen-bond donors (Lipinski definition) is 1. The maximum atomic E-state index is 5.70. The molecule has 6 heteroatoms. The molecule has 1 aromatic carbocycles. The molecule has 0 unspecified atom stereocenters. The number of nitrogens with one attached hydrogen (secondary N) is 1. The second kappa shape index (κ2) is 5.07. The Morgan fingerprint density at radius 2 is 1.95 bits per heavy atom. The molecule has 2 heterocycles. The zero-order valence-electron chi connectivity index (χ0n) is 9.75. The molecular formula is C13H9ClN4O. The summed E-state index contributed by atoms with van der Waals surface area (Å²) in [6.45, 7) is 0. The van der Waals surface area contributed by atoms with Crippen molar-refractivity contribution in [1.82, 2.24) is 15.1 Å². The quantitative estimate of drug-likeness (QED) is 0.739. The van der Waals surface area contributed by atoms with Gasteiger partial charge in [-0.05, 0) is 17.7 Å². The van der Waals surface area contributed by atoms with Crippen molar-refractivity contribution in [2.75, 3.05) is 5.32 Å². The van der Waals surface area contributed by atoms with Crippen molar-refractivity contribution in [3.63, 3.8) is 0 Å². The molecule has 0 aliphatic carbocycles. The van der Waals surface area contributed by atoms with Gasteiger partial charge in [-0.2, -0.15) is 0 Å². The number of halogens is 1. The highest BCUT2D eigenvalue weighted by molar-refractivity contribution is 6.28. The van der Waals surface area contributed by atoms with Gasteiger partial charge < -0.3 is 9.84 Å². The zero-order valence-corrected chi connectivity index (χ0v) is 10.5. The molecule has 3 rings (SSSR count). The summed E-state index contributed by atoms with van der Waals surface area (Å²) < 4.78 is 5.20. The maximum absolute atomic E-state index is 5.70. The lowest BCUT2D eigenvalue weighted by Crippen LogP contribution is -1.92. The number of hydrogen-bond acceptors (Lipinski definition) is 5. The van der Waals surface area contributed by atoms with E-state index < -0.39 is 0 Å². The third-order valence-corrected chi connectivity index (χ3v) is 2.64. The molecule has 0 aliphatic heterocycles. The van der Waals surface area contributed by atoms with Crippen molar-refractivity contribution >= 4 is 23.3 Å². The summed E-state index contributed by atoms with van der Waals surface area (Å²) in [7, 11) is 0. The molecule has 0 aliphatic rings. The summed E-state index contributed by atoms with van der Waals surface area (Å²) >= 11 is 5.70. The van der Waals surface area contributed by atoms with E-state index in [1.165, 1.54) is 0 Å².